The van der Waals surface area contributed by atoms with Gasteiger partial charge in [0.15, 0.2) is 4.80 Å². The average molecular weight is 728 g/mol. The Morgan fingerprint density at radius 2 is 1.93 bits per heavy atom. The highest BCUT2D eigenvalue weighted by atomic mass is 79.9. The third-order valence-electron chi connectivity index (χ3n) is 6.55. The summed E-state index contributed by atoms with van der Waals surface area (Å²) in [6, 6.07) is 19.4. The van der Waals surface area contributed by atoms with Gasteiger partial charge in [-0.15, -0.1) is 0 Å². The molecule has 0 spiro atoms. The molecule has 1 aromatic heterocycles. The summed E-state index contributed by atoms with van der Waals surface area (Å²) in [5.41, 5.74) is 2.86. The van der Waals surface area contributed by atoms with Gasteiger partial charge in [0, 0.05) is 20.6 Å². The van der Waals surface area contributed by atoms with Crippen LogP contribution in [-0.4, -0.2) is 17.1 Å². The van der Waals surface area contributed by atoms with Crippen LogP contribution in [0.3, 0.4) is 0 Å². The van der Waals surface area contributed by atoms with Gasteiger partial charge in [-0.25, -0.2) is 9.79 Å². The lowest BCUT2D eigenvalue weighted by atomic mass is 9.96. The van der Waals surface area contributed by atoms with E-state index in [1.807, 2.05) is 30.3 Å². The molecule has 0 unspecified atom stereocenters. The van der Waals surface area contributed by atoms with E-state index in [0.717, 1.165) is 10.0 Å². The van der Waals surface area contributed by atoms with E-state index in [4.69, 9.17) is 21.1 Å². The smallest absolute Gasteiger partial charge is 0.338 e. The summed E-state index contributed by atoms with van der Waals surface area (Å²) in [6.45, 7) is 3.78. The molecule has 0 N–H and O–H groups in total. The van der Waals surface area contributed by atoms with Gasteiger partial charge in [-0.3, -0.25) is 9.36 Å². The number of fused-ring (bicyclic) bond motifs is 1. The van der Waals surface area contributed by atoms with Crippen LogP contribution < -0.4 is 19.6 Å². The topological polar surface area (TPSA) is 93.7 Å². The predicted molar refractivity (Wildman–Crippen MR) is 169 cm³/mol. The molecular weight excluding hydrogens is 706 g/mol. The van der Waals surface area contributed by atoms with Crippen LogP contribution in [0.2, 0.25) is 5.02 Å². The van der Waals surface area contributed by atoms with E-state index < -0.39 is 12.0 Å². The van der Waals surface area contributed by atoms with Crippen LogP contribution in [0.4, 0.5) is 0 Å². The highest BCUT2D eigenvalue weighted by Crippen LogP contribution is 2.36. The van der Waals surface area contributed by atoms with Crippen molar-refractivity contribution in [1.82, 2.24) is 4.57 Å². The lowest BCUT2D eigenvalue weighted by molar-refractivity contribution is -0.139. The lowest BCUT2D eigenvalue weighted by Crippen LogP contribution is -2.40. The van der Waals surface area contributed by atoms with E-state index >= 15 is 0 Å². The second-order valence-corrected chi connectivity index (χ2v) is 12.4. The molecule has 7 nitrogen and oxygen atoms in total. The number of carbonyl (C=O) groups excluding carboxylic acids is 1. The molecule has 4 aromatic rings. The molecule has 0 saturated carbocycles. The molecule has 3 aromatic carbocycles. The Labute approximate surface area is 267 Å². The molecule has 0 aliphatic carbocycles. The van der Waals surface area contributed by atoms with E-state index in [9.17, 15) is 14.9 Å². The summed E-state index contributed by atoms with van der Waals surface area (Å²) < 4.78 is 14.9. The summed E-state index contributed by atoms with van der Waals surface area (Å²) in [7, 11) is 0. The number of allylic oxidation sites excluding steroid dienone is 1. The molecule has 0 saturated heterocycles. The van der Waals surface area contributed by atoms with E-state index in [0.29, 0.717) is 47.0 Å². The Morgan fingerprint density at radius 3 is 2.67 bits per heavy atom. The minimum Gasteiger partial charge on any atom is -0.487 e. The molecule has 1 atom stereocenters. The molecule has 212 valence electrons. The van der Waals surface area contributed by atoms with Gasteiger partial charge >= 0.3 is 5.97 Å². The number of halogens is 3. The SMILES string of the molecule is CCOC(=O)C1=C(C)N=c2s/c(=C\c3cc(Br)cc(Br)c3OCc3ccccc3C#N)c(=O)n2[C@H]1c1ccccc1Cl. The first kappa shape index (κ1) is 30.0. The average Bonchev–Trinajstić information content (AvgIpc) is 3.26. The van der Waals surface area contributed by atoms with Gasteiger partial charge in [0.1, 0.15) is 18.4 Å². The third-order valence-corrected chi connectivity index (χ3v) is 8.92. The third kappa shape index (κ3) is 5.88. The van der Waals surface area contributed by atoms with Crippen LogP contribution in [-0.2, 0) is 16.1 Å². The maximum atomic E-state index is 14.1. The number of ether oxygens (including phenoxy) is 2. The van der Waals surface area contributed by atoms with E-state index in [2.05, 4.69) is 42.9 Å². The number of rotatable bonds is 7. The van der Waals surface area contributed by atoms with Crippen LogP contribution in [0.15, 0.2) is 90.7 Å². The zero-order valence-electron chi connectivity index (χ0n) is 22.4. The minimum absolute atomic E-state index is 0.153. The first-order valence-electron chi connectivity index (χ1n) is 12.8. The summed E-state index contributed by atoms with van der Waals surface area (Å²) >= 11 is 14.9. The van der Waals surface area contributed by atoms with Gasteiger partial charge in [0.25, 0.3) is 5.56 Å². The van der Waals surface area contributed by atoms with Gasteiger partial charge in [-0.1, -0.05) is 75.3 Å². The fourth-order valence-electron chi connectivity index (χ4n) is 4.67. The summed E-state index contributed by atoms with van der Waals surface area (Å²) in [5.74, 6) is -0.0509. The Hall–Kier alpha value is -3.49. The normalized spacial score (nSPS) is 14.7. The van der Waals surface area contributed by atoms with Crippen LogP contribution >= 0.6 is 54.8 Å². The first-order chi connectivity index (χ1) is 20.2. The van der Waals surface area contributed by atoms with Crippen molar-refractivity contribution in [2.75, 3.05) is 6.61 Å². The molecule has 0 fully saturated rings. The van der Waals surface area contributed by atoms with Crippen LogP contribution in [0.1, 0.15) is 42.1 Å². The number of hydrogen-bond acceptors (Lipinski definition) is 7. The number of nitrogens with zero attached hydrogens (tertiary/aromatic N) is 3. The Kier molecular flexibility index (Phi) is 9.13. The zero-order chi connectivity index (χ0) is 30.0. The standard InChI is InChI=1S/C31H22Br2ClN3O4S/c1-3-40-30(39)26-17(2)36-31-37(27(26)22-10-6-7-11-24(22)34)29(38)25(42-31)13-20-12-21(32)14-23(33)28(20)41-16-19-9-5-4-8-18(19)15-35/h4-14,27H,3,16H2,1-2H3/b25-13-/t27-/m0/s1. The van der Waals surface area contributed by atoms with Crippen molar-refractivity contribution in [3.8, 4) is 11.8 Å². The lowest BCUT2D eigenvalue weighted by Gasteiger charge is -2.25. The Morgan fingerprint density at radius 1 is 1.19 bits per heavy atom. The number of benzene rings is 3. The van der Waals surface area contributed by atoms with Crippen molar-refractivity contribution in [1.29, 1.82) is 5.26 Å². The molecule has 11 heteroatoms. The van der Waals surface area contributed by atoms with E-state index in [1.54, 1.807) is 50.3 Å². The molecule has 2 heterocycles. The van der Waals surface area contributed by atoms with Crippen LogP contribution in [0.25, 0.3) is 6.08 Å². The summed E-state index contributed by atoms with van der Waals surface area (Å²) in [5, 5.41) is 9.89. The molecule has 5 rings (SSSR count). The largest absolute Gasteiger partial charge is 0.487 e. The van der Waals surface area contributed by atoms with Crippen molar-refractivity contribution in [3.05, 3.63) is 128 Å². The van der Waals surface area contributed by atoms with Crippen molar-refractivity contribution in [2.24, 2.45) is 4.99 Å². The molecule has 0 radical (unpaired) electrons. The second kappa shape index (κ2) is 12.8. The number of aromatic nitrogens is 1. The predicted octanol–water partition coefficient (Wildman–Crippen LogP) is 6.43. The van der Waals surface area contributed by atoms with E-state index in [-0.39, 0.29) is 24.3 Å². The monoisotopic (exact) mass is 725 g/mol. The van der Waals surface area contributed by atoms with Gasteiger partial charge in [0.2, 0.25) is 0 Å². The Bertz CT molecular complexity index is 1980. The van der Waals surface area contributed by atoms with Crippen LogP contribution in [0.5, 0.6) is 5.75 Å². The zero-order valence-corrected chi connectivity index (χ0v) is 27.1. The van der Waals surface area contributed by atoms with E-state index in [1.165, 1.54) is 15.9 Å². The van der Waals surface area contributed by atoms with Crippen molar-refractivity contribution in [3.63, 3.8) is 0 Å². The minimum atomic E-state index is -0.816. The van der Waals surface area contributed by atoms with Gasteiger partial charge in [-0.2, -0.15) is 5.26 Å². The first-order valence-corrected chi connectivity index (χ1v) is 15.6. The van der Waals surface area contributed by atoms with Crippen molar-refractivity contribution >= 4 is 66.8 Å². The summed E-state index contributed by atoms with van der Waals surface area (Å²) in [4.78, 5) is 32.2. The second-order valence-electron chi connectivity index (χ2n) is 9.19. The van der Waals surface area contributed by atoms with Gasteiger partial charge in [-0.05, 0) is 65.7 Å². The maximum absolute atomic E-state index is 14.1. The number of hydrogen-bond donors (Lipinski definition) is 0. The molecule has 0 amide bonds. The quantitative estimate of drug-likeness (QED) is 0.205. The maximum Gasteiger partial charge on any atom is 0.338 e. The number of carbonyl (C=O) groups is 1. The Balaban J connectivity index is 1.66. The summed E-state index contributed by atoms with van der Waals surface area (Å²) in [6.07, 6.45) is 1.73. The number of nitriles is 1. The molecule has 0 bridgehead atoms. The fourth-order valence-corrected chi connectivity index (χ4v) is 7.32. The molecule has 42 heavy (non-hydrogen) atoms. The molecule has 1 aliphatic heterocycles. The van der Waals surface area contributed by atoms with Crippen LogP contribution in [0, 0.1) is 11.3 Å². The fraction of sp³-hybridized carbons (Fsp3) is 0.161. The number of thiazole rings is 1. The molecule has 1 aliphatic rings. The van der Waals surface area contributed by atoms with Gasteiger partial charge < -0.3 is 9.47 Å². The number of esters is 1. The highest BCUT2D eigenvalue weighted by Gasteiger charge is 2.34. The van der Waals surface area contributed by atoms with Crippen molar-refractivity contribution < 1.29 is 14.3 Å². The molecular formula is C31H22Br2ClN3O4S. The van der Waals surface area contributed by atoms with Gasteiger partial charge in [0.05, 0.1) is 38.5 Å². The highest BCUT2D eigenvalue weighted by molar-refractivity contribution is 9.11. The van der Waals surface area contributed by atoms with Crippen molar-refractivity contribution in [2.45, 2.75) is 26.5 Å².